The fourth-order valence-corrected chi connectivity index (χ4v) is 4.78. The van der Waals surface area contributed by atoms with Crippen molar-refractivity contribution in [3.63, 3.8) is 0 Å². The third-order valence-corrected chi connectivity index (χ3v) is 6.61. The minimum atomic E-state index is -0.479. The van der Waals surface area contributed by atoms with E-state index < -0.39 is 5.82 Å². The van der Waals surface area contributed by atoms with Crippen LogP contribution < -0.4 is 4.90 Å². The molecule has 0 spiro atoms. The molecule has 6 nitrogen and oxygen atoms in total. The number of anilines is 2. The first-order valence-electron chi connectivity index (χ1n) is 10.3. The van der Waals surface area contributed by atoms with Gasteiger partial charge in [0.25, 0.3) is 5.22 Å². The second kappa shape index (κ2) is 9.44. The molecule has 0 radical (unpaired) electrons. The molecule has 0 saturated heterocycles. The van der Waals surface area contributed by atoms with E-state index in [1.807, 2.05) is 17.5 Å². The number of hydrogen-bond acceptors (Lipinski definition) is 7. The van der Waals surface area contributed by atoms with Crippen molar-refractivity contribution in [3.05, 3.63) is 71.0 Å². The Morgan fingerprint density at radius 3 is 2.52 bits per heavy atom. The SMILES string of the molecule is CC(=O)N(c1nc(CSc2nnc(-c3ccc(C(C)(C)C)cc3)o2)cs1)c1ccccc1F. The first-order chi connectivity index (χ1) is 15.7. The van der Waals surface area contributed by atoms with Gasteiger partial charge < -0.3 is 4.42 Å². The van der Waals surface area contributed by atoms with Gasteiger partial charge >= 0.3 is 0 Å². The van der Waals surface area contributed by atoms with Gasteiger partial charge in [0.05, 0.1) is 11.4 Å². The average molecular weight is 483 g/mol. The molecule has 0 N–H and O–H groups in total. The monoisotopic (exact) mass is 482 g/mol. The van der Waals surface area contributed by atoms with E-state index in [1.165, 1.54) is 46.6 Å². The first-order valence-corrected chi connectivity index (χ1v) is 12.2. The van der Waals surface area contributed by atoms with Gasteiger partial charge in [-0.15, -0.1) is 21.5 Å². The van der Waals surface area contributed by atoms with Crippen molar-refractivity contribution in [1.82, 2.24) is 15.2 Å². The second-order valence-electron chi connectivity index (χ2n) is 8.42. The van der Waals surface area contributed by atoms with Crippen LogP contribution in [0.4, 0.5) is 15.2 Å². The third-order valence-electron chi connectivity index (χ3n) is 4.89. The van der Waals surface area contributed by atoms with Crippen LogP contribution >= 0.6 is 23.1 Å². The first kappa shape index (κ1) is 23.1. The largest absolute Gasteiger partial charge is 0.411 e. The van der Waals surface area contributed by atoms with E-state index in [2.05, 4.69) is 48.1 Å². The summed E-state index contributed by atoms with van der Waals surface area (Å²) in [5.74, 6) is 0.143. The zero-order valence-corrected chi connectivity index (χ0v) is 20.3. The Kier molecular flexibility index (Phi) is 6.62. The lowest BCUT2D eigenvalue weighted by molar-refractivity contribution is -0.115. The molecule has 1 amide bonds. The highest BCUT2D eigenvalue weighted by Gasteiger charge is 2.21. The number of benzene rings is 2. The minimum absolute atomic E-state index is 0.0744. The Morgan fingerprint density at radius 2 is 1.85 bits per heavy atom. The zero-order chi connectivity index (χ0) is 23.6. The number of para-hydroxylation sites is 1. The molecule has 2 heterocycles. The number of amides is 1. The molecule has 0 unspecified atom stereocenters. The maximum absolute atomic E-state index is 14.2. The molecule has 0 fully saturated rings. The number of aromatic nitrogens is 3. The van der Waals surface area contributed by atoms with E-state index in [0.717, 1.165) is 11.3 Å². The van der Waals surface area contributed by atoms with Crippen molar-refractivity contribution in [1.29, 1.82) is 0 Å². The Hall–Kier alpha value is -3.04. The average Bonchev–Trinajstić information content (AvgIpc) is 3.43. The van der Waals surface area contributed by atoms with Crippen molar-refractivity contribution in [3.8, 4) is 11.5 Å². The third kappa shape index (κ3) is 5.31. The standard InChI is InChI=1S/C24H23FN4O2S2/c1-15(30)29(20-8-6-5-7-19(20)25)22-26-18(13-32-22)14-33-23-28-27-21(31-23)16-9-11-17(12-10-16)24(2,3)4/h5-13H,14H2,1-4H3. The number of thioether (sulfide) groups is 1. The van der Waals surface area contributed by atoms with Crippen LogP contribution in [-0.4, -0.2) is 21.1 Å². The number of thiazole rings is 1. The molecule has 2 aromatic heterocycles. The highest BCUT2D eigenvalue weighted by molar-refractivity contribution is 7.98. The lowest BCUT2D eigenvalue weighted by Gasteiger charge is -2.18. The van der Waals surface area contributed by atoms with Crippen molar-refractivity contribution < 1.29 is 13.6 Å². The zero-order valence-electron chi connectivity index (χ0n) is 18.7. The van der Waals surface area contributed by atoms with Crippen molar-refractivity contribution in [2.24, 2.45) is 0 Å². The van der Waals surface area contributed by atoms with Crippen LogP contribution in [0.15, 0.2) is 63.6 Å². The van der Waals surface area contributed by atoms with Gasteiger partial charge in [0.15, 0.2) is 5.13 Å². The Morgan fingerprint density at radius 1 is 1.12 bits per heavy atom. The Balaban J connectivity index is 1.44. The molecule has 4 aromatic rings. The molecule has 170 valence electrons. The lowest BCUT2D eigenvalue weighted by Crippen LogP contribution is -2.23. The molecule has 4 rings (SSSR count). The van der Waals surface area contributed by atoms with Gasteiger partial charge in [-0.2, -0.15) is 0 Å². The van der Waals surface area contributed by atoms with E-state index in [4.69, 9.17) is 4.42 Å². The van der Waals surface area contributed by atoms with Gasteiger partial charge in [0.1, 0.15) is 5.82 Å². The van der Waals surface area contributed by atoms with Gasteiger partial charge in [0.2, 0.25) is 11.8 Å². The normalized spacial score (nSPS) is 11.5. The highest BCUT2D eigenvalue weighted by Crippen LogP contribution is 2.33. The summed E-state index contributed by atoms with van der Waals surface area (Å²) in [5.41, 5.74) is 3.08. The van der Waals surface area contributed by atoms with Gasteiger partial charge in [-0.25, -0.2) is 9.37 Å². The molecular formula is C24H23FN4O2S2. The number of rotatable bonds is 6. The molecule has 0 aliphatic carbocycles. The van der Waals surface area contributed by atoms with Gasteiger partial charge in [-0.05, 0) is 35.2 Å². The fraction of sp³-hybridized carbons (Fsp3) is 0.250. The molecule has 33 heavy (non-hydrogen) atoms. The van der Waals surface area contributed by atoms with Crippen LogP contribution in [0.1, 0.15) is 39.0 Å². The van der Waals surface area contributed by atoms with E-state index >= 15 is 0 Å². The van der Waals surface area contributed by atoms with Crippen LogP contribution in [0.3, 0.4) is 0 Å². The molecule has 0 saturated carbocycles. The molecular weight excluding hydrogens is 459 g/mol. The van der Waals surface area contributed by atoms with E-state index in [1.54, 1.807) is 18.2 Å². The molecule has 0 atom stereocenters. The summed E-state index contributed by atoms with van der Waals surface area (Å²) in [5, 5.41) is 10.9. The Bertz CT molecular complexity index is 1260. The summed E-state index contributed by atoms with van der Waals surface area (Å²) in [4.78, 5) is 18.0. The number of carbonyl (C=O) groups excluding carboxylic acids is 1. The number of nitrogens with zero attached hydrogens (tertiary/aromatic N) is 4. The maximum atomic E-state index is 14.2. The van der Waals surface area contributed by atoms with Gasteiger partial charge in [0, 0.05) is 23.6 Å². The molecule has 0 bridgehead atoms. The predicted molar refractivity (Wildman–Crippen MR) is 129 cm³/mol. The number of hydrogen-bond donors (Lipinski definition) is 0. The van der Waals surface area contributed by atoms with Crippen LogP contribution in [0, 0.1) is 5.82 Å². The summed E-state index contributed by atoms with van der Waals surface area (Å²) in [7, 11) is 0. The summed E-state index contributed by atoms with van der Waals surface area (Å²) < 4.78 is 20.0. The van der Waals surface area contributed by atoms with Crippen LogP contribution in [0.2, 0.25) is 0 Å². The van der Waals surface area contributed by atoms with Crippen LogP contribution in [0.5, 0.6) is 0 Å². The predicted octanol–water partition coefficient (Wildman–Crippen LogP) is 6.61. The quantitative estimate of drug-likeness (QED) is 0.288. The summed E-state index contributed by atoms with van der Waals surface area (Å²) in [6, 6.07) is 14.2. The minimum Gasteiger partial charge on any atom is -0.411 e. The lowest BCUT2D eigenvalue weighted by atomic mass is 9.87. The summed E-state index contributed by atoms with van der Waals surface area (Å²) >= 11 is 2.63. The number of carbonyl (C=O) groups is 1. The van der Waals surface area contributed by atoms with Gasteiger partial charge in [-0.3, -0.25) is 9.69 Å². The molecule has 0 aliphatic rings. The summed E-state index contributed by atoms with van der Waals surface area (Å²) in [6.07, 6.45) is 0. The van der Waals surface area contributed by atoms with Gasteiger partial charge in [-0.1, -0.05) is 56.8 Å². The fourth-order valence-electron chi connectivity index (χ4n) is 3.14. The molecule has 2 aromatic carbocycles. The van der Waals surface area contributed by atoms with Crippen LogP contribution in [0.25, 0.3) is 11.5 Å². The Labute approximate surface area is 199 Å². The van der Waals surface area contributed by atoms with Crippen LogP contribution in [-0.2, 0) is 16.0 Å². The highest BCUT2D eigenvalue weighted by atomic mass is 32.2. The molecule has 9 heteroatoms. The molecule has 0 aliphatic heterocycles. The van der Waals surface area contributed by atoms with E-state index in [-0.39, 0.29) is 17.0 Å². The number of halogens is 1. The van der Waals surface area contributed by atoms with Crippen molar-refractivity contribution >= 4 is 39.8 Å². The van der Waals surface area contributed by atoms with E-state index in [9.17, 15) is 9.18 Å². The maximum Gasteiger partial charge on any atom is 0.277 e. The van der Waals surface area contributed by atoms with Crippen molar-refractivity contribution in [2.45, 2.75) is 44.1 Å². The van der Waals surface area contributed by atoms with Crippen molar-refractivity contribution in [2.75, 3.05) is 4.90 Å². The topological polar surface area (TPSA) is 72.1 Å². The summed E-state index contributed by atoms with van der Waals surface area (Å²) in [6.45, 7) is 7.88. The second-order valence-corrected chi connectivity index (χ2v) is 10.2. The smallest absolute Gasteiger partial charge is 0.277 e. The van der Waals surface area contributed by atoms with E-state index in [0.29, 0.717) is 22.0 Å².